The van der Waals surface area contributed by atoms with Crippen molar-refractivity contribution in [2.45, 2.75) is 6.61 Å². The van der Waals surface area contributed by atoms with Crippen molar-refractivity contribution < 1.29 is 23.8 Å². The number of imide groups is 1. The molecule has 2 aromatic carbocycles. The first-order chi connectivity index (χ1) is 14.8. The highest BCUT2D eigenvalue weighted by molar-refractivity contribution is 9.10. The van der Waals surface area contributed by atoms with Crippen molar-refractivity contribution in [3.05, 3.63) is 60.9 Å². The summed E-state index contributed by atoms with van der Waals surface area (Å²) in [6.07, 6.45) is 1.65. The Hall–Kier alpha value is -1.71. The zero-order chi connectivity index (χ0) is 22.5. The summed E-state index contributed by atoms with van der Waals surface area (Å²) in [5.74, 6) is 0.636. The van der Waals surface area contributed by atoms with Gasteiger partial charge in [-0.2, -0.15) is 0 Å². The van der Waals surface area contributed by atoms with Gasteiger partial charge in [0.2, 0.25) is 0 Å². The molecule has 3 rings (SSSR count). The number of methoxy groups -OCH3 is 2. The third-order valence-corrected chi connectivity index (χ3v) is 6.67. The zero-order valence-corrected chi connectivity index (χ0v) is 20.5. The van der Waals surface area contributed by atoms with Gasteiger partial charge in [-0.3, -0.25) is 14.5 Å². The van der Waals surface area contributed by atoms with Gasteiger partial charge in [-0.25, -0.2) is 0 Å². The van der Waals surface area contributed by atoms with E-state index < -0.39 is 0 Å². The number of carbonyl (C=O) groups is 2. The molecule has 10 heteroatoms. The van der Waals surface area contributed by atoms with Gasteiger partial charge in [0.1, 0.15) is 6.61 Å². The van der Waals surface area contributed by atoms with Crippen molar-refractivity contribution in [1.29, 1.82) is 0 Å². The molecule has 1 aliphatic rings. The molecule has 0 spiro atoms. The molecule has 1 aliphatic heterocycles. The normalized spacial score (nSPS) is 15.1. The molecule has 2 aromatic rings. The van der Waals surface area contributed by atoms with Gasteiger partial charge in [0.15, 0.2) is 11.5 Å². The zero-order valence-electron chi connectivity index (χ0n) is 16.6. The van der Waals surface area contributed by atoms with E-state index in [-0.39, 0.29) is 30.9 Å². The molecule has 0 N–H and O–H groups in total. The number of carbonyl (C=O) groups excluding carboxylic acids is 2. The maximum Gasteiger partial charge on any atom is 0.293 e. The van der Waals surface area contributed by atoms with E-state index in [1.165, 1.54) is 19.1 Å². The standard InChI is InChI=1S/C21H18BrCl2NO5S/c1-28-6-5-25-20(26)19(31-21(25)27)9-13-8-17(29-2)18(10-14(13)22)30-11-12-3-4-15(23)16(24)7-12/h3-4,7-10H,5-6,11H2,1-2H3/b19-9+. The molecule has 6 nitrogen and oxygen atoms in total. The summed E-state index contributed by atoms with van der Waals surface area (Å²) in [7, 11) is 3.04. The van der Waals surface area contributed by atoms with Crippen LogP contribution in [0.4, 0.5) is 4.79 Å². The first-order valence-corrected chi connectivity index (χ1v) is 11.4. The predicted octanol–water partition coefficient (Wildman–Crippen LogP) is 6.03. The highest BCUT2D eigenvalue weighted by Crippen LogP contribution is 2.38. The molecule has 1 saturated heterocycles. The summed E-state index contributed by atoms with van der Waals surface area (Å²) >= 11 is 16.4. The van der Waals surface area contributed by atoms with Crippen molar-refractivity contribution in [1.82, 2.24) is 4.90 Å². The fraction of sp³-hybridized carbons (Fsp3) is 0.238. The van der Waals surface area contributed by atoms with E-state index in [0.29, 0.717) is 36.5 Å². The van der Waals surface area contributed by atoms with Crippen LogP contribution in [-0.4, -0.2) is 43.4 Å². The highest BCUT2D eigenvalue weighted by atomic mass is 79.9. The number of hydrogen-bond donors (Lipinski definition) is 0. The van der Waals surface area contributed by atoms with E-state index in [4.69, 9.17) is 37.4 Å². The lowest BCUT2D eigenvalue weighted by Crippen LogP contribution is -2.31. The van der Waals surface area contributed by atoms with Crippen LogP contribution < -0.4 is 9.47 Å². The van der Waals surface area contributed by atoms with E-state index in [1.54, 1.807) is 30.3 Å². The SMILES string of the molecule is COCCN1C(=O)S/C(=C/c2cc(OC)c(OCc3ccc(Cl)c(Cl)c3)cc2Br)C1=O. The van der Waals surface area contributed by atoms with Gasteiger partial charge < -0.3 is 14.2 Å². The minimum Gasteiger partial charge on any atom is -0.493 e. The van der Waals surface area contributed by atoms with Crippen LogP contribution in [0, 0.1) is 0 Å². The second-order valence-electron chi connectivity index (χ2n) is 6.39. The summed E-state index contributed by atoms with van der Waals surface area (Å²) in [5, 5.41) is 0.602. The van der Waals surface area contributed by atoms with Crippen molar-refractivity contribution in [2.24, 2.45) is 0 Å². The maximum absolute atomic E-state index is 12.5. The smallest absolute Gasteiger partial charge is 0.293 e. The summed E-state index contributed by atoms with van der Waals surface area (Å²) in [6.45, 7) is 0.760. The predicted molar refractivity (Wildman–Crippen MR) is 126 cm³/mol. The fourth-order valence-electron chi connectivity index (χ4n) is 2.74. The van der Waals surface area contributed by atoms with E-state index in [1.807, 2.05) is 6.07 Å². The quantitative estimate of drug-likeness (QED) is 0.377. The summed E-state index contributed by atoms with van der Waals surface area (Å²) in [4.78, 5) is 26.1. The molecular weight excluding hydrogens is 529 g/mol. The molecule has 1 heterocycles. The average molecular weight is 547 g/mol. The van der Waals surface area contributed by atoms with Gasteiger partial charge in [-0.05, 0) is 53.2 Å². The molecule has 0 radical (unpaired) electrons. The third kappa shape index (κ3) is 5.75. The minimum absolute atomic E-state index is 0.213. The summed E-state index contributed by atoms with van der Waals surface area (Å²) in [5.41, 5.74) is 1.53. The molecule has 0 aliphatic carbocycles. The molecule has 0 aromatic heterocycles. The van der Waals surface area contributed by atoms with E-state index in [2.05, 4.69) is 15.9 Å². The third-order valence-electron chi connectivity index (χ3n) is 4.34. The topological polar surface area (TPSA) is 65.1 Å². The molecule has 0 atom stereocenters. The Bertz CT molecular complexity index is 1050. The fourth-order valence-corrected chi connectivity index (χ4v) is 4.35. The van der Waals surface area contributed by atoms with E-state index >= 15 is 0 Å². The van der Waals surface area contributed by atoms with Crippen LogP contribution in [0.5, 0.6) is 11.5 Å². The number of ether oxygens (including phenoxy) is 3. The van der Waals surface area contributed by atoms with Crippen molar-refractivity contribution in [3.8, 4) is 11.5 Å². The number of halogens is 3. The van der Waals surface area contributed by atoms with Crippen LogP contribution in [-0.2, 0) is 16.1 Å². The number of rotatable bonds is 8. The number of amides is 2. The second-order valence-corrected chi connectivity index (χ2v) is 9.05. The van der Waals surface area contributed by atoms with Crippen LogP contribution in [0.2, 0.25) is 10.0 Å². The lowest BCUT2D eigenvalue weighted by molar-refractivity contribution is -0.123. The molecule has 0 unspecified atom stereocenters. The highest BCUT2D eigenvalue weighted by Gasteiger charge is 2.34. The van der Waals surface area contributed by atoms with Crippen LogP contribution in [0.25, 0.3) is 6.08 Å². The molecule has 1 fully saturated rings. The van der Waals surface area contributed by atoms with Gasteiger partial charge >= 0.3 is 0 Å². The maximum atomic E-state index is 12.5. The van der Waals surface area contributed by atoms with Crippen LogP contribution >= 0.6 is 50.9 Å². The largest absolute Gasteiger partial charge is 0.493 e. The Labute approximate surface area is 202 Å². The van der Waals surface area contributed by atoms with Gasteiger partial charge in [0, 0.05) is 11.6 Å². The van der Waals surface area contributed by atoms with Gasteiger partial charge in [0.25, 0.3) is 11.1 Å². The molecule has 2 amide bonds. The number of benzene rings is 2. The molecular formula is C21H18BrCl2NO5S. The lowest BCUT2D eigenvalue weighted by atomic mass is 10.1. The van der Waals surface area contributed by atoms with Crippen molar-refractivity contribution in [2.75, 3.05) is 27.4 Å². The molecule has 0 saturated carbocycles. The number of nitrogens with zero attached hydrogens (tertiary/aromatic N) is 1. The van der Waals surface area contributed by atoms with E-state index in [9.17, 15) is 9.59 Å². The molecule has 31 heavy (non-hydrogen) atoms. The summed E-state index contributed by atoms with van der Waals surface area (Å²) < 4.78 is 17.0. The minimum atomic E-state index is -0.349. The van der Waals surface area contributed by atoms with Crippen LogP contribution in [0.3, 0.4) is 0 Å². The number of hydrogen-bond acceptors (Lipinski definition) is 6. The Kier molecular flexibility index (Phi) is 8.30. The van der Waals surface area contributed by atoms with Gasteiger partial charge in [-0.15, -0.1) is 0 Å². The molecule has 0 bridgehead atoms. The van der Waals surface area contributed by atoms with E-state index in [0.717, 1.165) is 17.3 Å². The first-order valence-electron chi connectivity index (χ1n) is 9.02. The van der Waals surface area contributed by atoms with Gasteiger partial charge in [-0.1, -0.05) is 45.2 Å². The van der Waals surface area contributed by atoms with Crippen LogP contribution in [0.1, 0.15) is 11.1 Å². The van der Waals surface area contributed by atoms with Crippen molar-refractivity contribution in [3.63, 3.8) is 0 Å². The Morgan fingerprint density at radius 2 is 1.87 bits per heavy atom. The second kappa shape index (κ2) is 10.7. The number of thioether (sulfide) groups is 1. The average Bonchev–Trinajstić information content (AvgIpc) is 3.01. The summed E-state index contributed by atoms with van der Waals surface area (Å²) in [6, 6.07) is 8.75. The van der Waals surface area contributed by atoms with Gasteiger partial charge in [0.05, 0.1) is 35.2 Å². The Morgan fingerprint density at radius 3 is 2.55 bits per heavy atom. The monoisotopic (exact) mass is 545 g/mol. The Morgan fingerprint density at radius 1 is 1.10 bits per heavy atom. The van der Waals surface area contributed by atoms with Crippen LogP contribution in [0.15, 0.2) is 39.7 Å². The first kappa shape index (κ1) is 23.9. The lowest BCUT2D eigenvalue weighted by Gasteiger charge is -2.13. The molecule has 164 valence electrons. The van der Waals surface area contributed by atoms with Crippen molar-refractivity contribution >= 4 is 68.1 Å². The Balaban J connectivity index is 1.80.